The van der Waals surface area contributed by atoms with Crippen LogP contribution in [0.25, 0.3) is 0 Å². The van der Waals surface area contributed by atoms with Crippen LogP contribution < -0.4 is 10.2 Å². The van der Waals surface area contributed by atoms with Crippen molar-refractivity contribution in [3.05, 3.63) is 17.3 Å². The number of hydrogen-bond donors (Lipinski definition) is 1. The van der Waals surface area contributed by atoms with Crippen molar-refractivity contribution in [3.8, 4) is 0 Å². The molecule has 1 aromatic heterocycles. The number of amides is 1. The summed E-state index contributed by atoms with van der Waals surface area (Å²) in [5.74, 6) is 0.611. The summed E-state index contributed by atoms with van der Waals surface area (Å²) in [5, 5.41) is 10.6. The molecule has 0 aromatic carbocycles. The van der Waals surface area contributed by atoms with Crippen LogP contribution in [0.5, 0.6) is 0 Å². The van der Waals surface area contributed by atoms with E-state index < -0.39 is 0 Å². The van der Waals surface area contributed by atoms with Gasteiger partial charge >= 0.3 is 0 Å². The van der Waals surface area contributed by atoms with Crippen LogP contribution in [0.15, 0.2) is 12.1 Å². The van der Waals surface area contributed by atoms with Crippen molar-refractivity contribution >= 4 is 23.3 Å². The Morgan fingerprint density at radius 1 is 1.50 bits per heavy atom. The molecule has 1 rings (SSSR count). The lowest BCUT2D eigenvalue weighted by molar-refractivity contribution is -0.119. The van der Waals surface area contributed by atoms with Gasteiger partial charge < -0.3 is 10.2 Å². The molecule has 0 unspecified atom stereocenters. The maximum absolute atomic E-state index is 11.3. The number of nitrogens with zero attached hydrogens (tertiary/aromatic N) is 3. The normalized spacial score (nSPS) is 9.94. The Bertz CT molecular complexity index is 341. The zero-order valence-electron chi connectivity index (χ0n) is 9.40. The van der Waals surface area contributed by atoms with Crippen molar-refractivity contribution in [1.82, 2.24) is 15.5 Å². The quantitative estimate of drug-likeness (QED) is 0.840. The smallest absolute Gasteiger partial charge is 0.239 e. The van der Waals surface area contributed by atoms with Gasteiger partial charge in [-0.25, -0.2) is 0 Å². The Kier molecular flexibility index (Phi) is 4.98. The number of carbonyl (C=O) groups is 1. The molecule has 1 amide bonds. The first-order valence-electron chi connectivity index (χ1n) is 5.12. The Morgan fingerprint density at radius 3 is 2.75 bits per heavy atom. The van der Waals surface area contributed by atoms with Gasteiger partial charge in [-0.3, -0.25) is 4.79 Å². The van der Waals surface area contributed by atoms with E-state index >= 15 is 0 Å². The SMILES string of the molecule is CCCN(CC(=O)NC)c1ccc(Cl)nn1. The molecule has 16 heavy (non-hydrogen) atoms. The summed E-state index contributed by atoms with van der Waals surface area (Å²) in [6.45, 7) is 3.07. The Labute approximate surface area is 99.8 Å². The van der Waals surface area contributed by atoms with Gasteiger partial charge in [0.25, 0.3) is 0 Å². The highest BCUT2D eigenvalue weighted by Crippen LogP contribution is 2.11. The molecule has 6 heteroatoms. The minimum absolute atomic E-state index is 0.0507. The van der Waals surface area contributed by atoms with Crippen LogP contribution in [0.3, 0.4) is 0 Å². The number of nitrogens with one attached hydrogen (secondary N) is 1. The number of rotatable bonds is 5. The van der Waals surface area contributed by atoms with Crippen molar-refractivity contribution in [2.75, 3.05) is 25.0 Å². The highest BCUT2D eigenvalue weighted by atomic mass is 35.5. The Balaban J connectivity index is 2.76. The molecule has 0 spiro atoms. The highest BCUT2D eigenvalue weighted by molar-refractivity contribution is 6.29. The molecule has 0 bridgehead atoms. The van der Waals surface area contributed by atoms with Crippen LogP contribution in [0.2, 0.25) is 5.15 Å². The number of carbonyl (C=O) groups excluding carboxylic acids is 1. The van der Waals surface area contributed by atoms with E-state index in [0.717, 1.165) is 13.0 Å². The second-order valence-corrected chi connectivity index (χ2v) is 3.70. The Hall–Kier alpha value is -1.36. The van der Waals surface area contributed by atoms with Crippen LogP contribution in [-0.2, 0) is 4.79 Å². The van der Waals surface area contributed by atoms with Crippen molar-refractivity contribution in [2.45, 2.75) is 13.3 Å². The average Bonchev–Trinajstić information content (AvgIpc) is 2.29. The van der Waals surface area contributed by atoms with Gasteiger partial charge in [0, 0.05) is 13.6 Å². The summed E-state index contributed by atoms with van der Waals surface area (Å²) in [7, 11) is 1.61. The van der Waals surface area contributed by atoms with E-state index in [9.17, 15) is 4.79 Å². The molecular formula is C10H15ClN4O. The van der Waals surface area contributed by atoms with Gasteiger partial charge in [-0.2, -0.15) is 0 Å². The third-order valence-corrected chi connectivity index (χ3v) is 2.25. The third-order valence-electron chi connectivity index (χ3n) is 2.05. The fraction of sp³-hybridized carbons (Fsp3) is 0.500. The van der Waals surface area contributed by atoms with E-state index in [4.69, 9.17) is 11.6 Å². The van der Waals surface area contributed by atoms with Crippen LogP contribution in [-0.4, -0.2) is 36.2 Å². The lowest BCUT2D eigenvalue weighted by Gasteiger charge is -2.21. The highest BCUT2D eigenvalue weighted by Gasteiger charge is 2.11. The minimum atomic E-state index is -0.0507. The summed E-state index contributed by atoms with van der Waals surface area (Å²) in [6.07, 6.45) is 0.932. The molecule has 5 nitrogen and oxygen atoms in total. The van der Waals surface area contributed by atoms with Crippen molar-refractivity contribution in [3.63, 3.8) is 0 Å². The zero-order chi connectivity index (χ0) is 12.0. The maximum Gasteiger partial charge on any atom is 0.239 e. The van der Waals surface area contributed by atoms with Gasteiger partial charge in [-0.1, -0.05) is 18.5 Å². The van der Waals surface area contributed by atoms with Gasteiger partial charge in [-0.15, -0.1) is 10.2 Å². The molecule has 0 saturated carbocycles. The molecule has 0 aliphatic carbocycles. The van der Waals surface area contributed by atoms with Crippen molar-refractivity contribution < 1.29 is 4.79 Å². The second-order valence-electron chi connectivity index (χ2n) is 3.31. The minimum Gasteiger partial charge on any atom is -0.358 e. The third kappa shape index (κ3) is 3.66. The summed E-state index contributed by atoms with van der Waals surface area (Å²) in [6, 6.07) is 3.42. The first-order chi connectivity index (χ1) is 7.67. The molecule has 0 aliphatic heterocycles. The predicted molar refractivity (Wildman–Crippen MR) is 63.6 cm³/mol. The number of aromatic nitrogens is 2. The standard InChI is InChI=1S/C10H15ClN4O/c1-3-6-15(7-10(16)12-2)9-5-4-8(11)13-14-9/h4-5H,3,6-7H2,1-2H3,(H,12,16). The number of hydrogen-bond acceptors (Lipinski definition) is 4. The zero-order valence-corrected chi connectivity index (χ0v) is 10.2. The molecular weight excluding hydrogens is 228 g/mol. The molecule has 0 fully saturated rings. The van der Waals surface area contributed by atoms with Crippen molar-refractivity contribution in [2.24, 2.45) is 0 Å². The molecule has 1 heterocycles. The summed E-state index contributed by atoms with van der Waals surface area (Å²) < 4.78 is 0. The average molecular weight is 243 g/mol. The molecule has 0 atom stereocenters. The van der Waals surface area contributed by atoms with E-state index in [1.54, 1.807) is 19.2 Å². The molecule has 0 radical (unpaired) electrons. The van der Waals surface area contributed by atoms with Crippen LogP contribution >= 0.6 is 11.6 Å². The number of likely N-dealkylation sites (N-methyl/N-ethyl adjacent to an activating group) is 1. The van der Waals surface area contributed by atoms with E-state index in [-0.39, 0.29) is 12.5 Å². The predicted octanol–water partition coefficient (Wildman–Crippen LogP) is 1.09. The largest absolute Gasteiger partial charge is 0.358 e. The van der Waals surface area contributed by atoms with Gasteiger partial charge in [0.15, 0.2) is 11.0 Å². The van der Waals surface area contributed by atoms with E-state index in [1.807, 2.05) is 11.8 Å². The van der Waals surface area contributed by atoms with E-state index in [0.29, 0.717) is 11.0 Å². The monoisotopic (exact) mass is 242 g/mol. The second kappa shape index (κ2) is 6.27. The van der Waals surface area contributed by atoms with Crippen LogP contribution in [0, 0.1) is 0 Å². The van der Waals surface area contributed by atoms with Crippen LogP contribution in [0.4, 0.5) is 5.82 Å². The van der Waals surface area contributed by atoms with Gasteiger partial charge in [0.2, 0.25) is 5.91 Å². The van der Waals surface area contributed by atoms with E-state index in [1.165, 1.54) is 0 Å². The lowest BCUT2D eigenvalue weighted by atomic mass is 10.3. The Morgan fingerprint density at radius 2 is 2.25 bits per heavy atom. The summed E-state index contributed by atoms with van der Waals surface area (Å²) >= 11 is 5.66. The van der Waals surface area contributed by atoms with Gasteiger partial charge in [0.1, 0.15) is 0 Å². The number of anilines is 1. The fourth-order valence-corrected chi connectivity index (χ4v) is 1.38. The van der Waals surface area contributed by atoms with Crippen molar-refractivity contribution in [1.29, 1.82) is 0 Å². The number of halogens is 1. The van der Waals surface area contributed by atoms with Crippen LogP contribution in [0.1, 0.15) is 13.3 Å². The lowest BCUT2D eigenvalue weighted by Crippen LogP contribution is -2.36. The molecule has 88 valence electrons. The topological polar surface area (TPSA) is 58.1 Å². The van der Waals surface area contributed by atoms with Gasteiger partial charge in [0.05, 0.1) is 6.54 Å². The molecule has 1 N–H and O–H groups in total. The van der Waals surface area contributed by atoms with E-state index in [2.05, 4.69) is 15.5 Å². The molecule has 0 saturated heterocycles. The fourth-order valence-electron chi connectivity index (χ4n) is 1.27. The van der Waals surface area contributed by atoms with Gasteiger partial charge in [-0.05, 0) is 18.6 Å². The summed E-state index contributed by atoms with van der Waals surface area (Å²) in [4.78, 5) is 13.2. The molecule has 0 aliphatic rings. The maximum atomic E-state index is 11.3. The summed E-state index contributed by atoms with van der Waals surface area (Å²) in [5.41, 5.74) is 0. The first kappa shape index (κ1) is 12.7. The molecule has 1 aromatic rings. The first-order valence-corrected chi connectivity index (χ1v) is 5.50.